The number of ether oxygens (including phenoxy) is 4. The average Bonchev–Trinajstić information content (AvgIpc) is 3.69. The van der Waals surface area contributed by atoms with Crippen LogP contribution in [-0.2, 0) is 11.3 Å². The van der Waals surface area contributed by atoms with Crippen molar-refractivity contribution in [2.24, 2.45) is 0 Å². The molecule has 1 amide bonds. The van der Waals surface area contributed by atoms with Crippen molar-refractivity contribution in [3.63, 3.8) is 0 Å². The van der Waals surface area contributed by atoms with E-state index in [-0.39, 0.29) is 24.7 Å². The van der Waals surface area contributed by atoms with E-state index in [2.05, 4.69) is 36.1 Å². The number of carbonyl (C=O) groups excluding carboxylic acids is 1. The van der Waals surface area contributed by atoms with Gasteiger partial charge in [-0.1, -0.05) is 55.5 Å². The fourth-order valence-corrected chi connectivity index (χ4v) is 6.00. The largest absolute Gasteiger partial charge is 0.497 e. The summed E-state index contributed by atoms with van der Waals surface area (Å²) in [5.74, 6) is 4.39. The van der Waals surface area contributed by atoms with E-state index >= 15 is 0 Å². The van der Waals surface area contributed by atoms with Gasteiger partial charge in [-0.15, -0.1) is 0 Å². The maximum atomic E-state index is 13.9. The van der Waals surface area contributed by atoms with Crippen LogP contribution in [0.1, 0.15) is 48.4 Å². The van der Waals surface area contributed by atoms with Crippen LogP contribution in [0.2, 0.25) is 0 Å². The SMILES string of the molecule is CCCN(Cc1ccc(Oc2ccccc2)cc1)C(=O)CN1C[C@@H](c2ccc3c(c2)OCO3)C[C@@H]1c1ccc(OC)cc1. The van der Waals surface area contributed by atoms with Crippen molar-refractivity contribution in [1.29, 1.82) is 0 Å². The number of likely N-dealkylation sites (tertiary alicyclic amines) is 1. The Bertz CT molecular complexity index is 1510. The Hall–Kier alpha value is -4.49. The van der Waals surface area contributed by atoms with Gasteiger partial charge in [0.15, 0.2) is 11.5 Å². The van der Waals surface area contributed by atoms with Gasteiger partial charge in [0.05, 0.1) is 13.7 Å². The van der Waals surface area contributed by atoms with E-state index in [1.807, 2.05) is 77.7 Å². The normalized spacial score (nSPS) is 17.5. The smallest absolute Gasteiger partial charge is 0.237 e. The molecule has 6 rings (SSSR count). The Morgan fingerprint density at radius 1 is 0.860 bits per heavy atom. The van der Waals surface area contributed by atoms with E-state index in [1.54, 1.807) is 7.11 Å². The molecule has 2 atom stereocenters. The highest BCUT2D eigenvalue weighted by Gasteiger charge is 2.36. The van der Waals surface area contributed by atoms with E-state index in [4.69, 9.17) is 18.9 Å². The van der Waals surface area contributed by atoms with Crippen LogP contribution in [-0.4, -0.2) is 49.2 Å². The predicted molar refractivity (Wildman–Crippen MR) is 166 cm³/mol. The van der Waals surface area contributed by atoms with Crippen LogP contribution < -0.4 is 18.9 Å². The van der Waals surface area contributed by atoms with Crippen molar-refractivity contribution in [1.82, 2.24) is 9.80 Å². The molecule has 43 heavy (non-hydrogen) atoms. The molecule has 2 aliphatic heterocycles. The van der Waals surface area contributed by atoms with Crippen LogP contribution >= 0.6 is 0 Å². The summed E-state index contributed by atoms with van der Waals surface area (Å²) < 4.78 is 22.5. The quantitative estimate of drug-likeness (QED) is 0.188. The van der Waals surface area contributed by atoms with E-state index in [1.165, 1.54) is 11.1 Å². The molecule has 7 heteroatoms. The molecule has 0 aromatic heterocycles. The van der Waals surface area contributed by atoms with Crippen LogP contribution in [0.5, 0.6) is 28.7 Å². The van der Waals surface area contributed by atoms with Crippen LogP contribution in [0.3, 0.4) is 0 Å². The fourth-order valence-electron chi connectivity index (χ4n) is 6.00. The number of carbonyl (C=O) groups is 1. The lowest BCUT2D eigenvalue weighted by molar-refractivity contribution is -0.133. The van der Waals surface area contributed by atoms with Gasteiger partial charge in [0, 0.05) is 25.7 Å². The summed E-state index contributed by atoms with van der Waals surface area (Å²) in [6, 6.07) is 32.3. The van der Waals surface area contributed by atoms with Crippen molar-refractivity contribution in [3.05, 3.63) is 114 Å². The molecule has 7 nitrogen and oxygen atoms in total. The molecule has 0 aliphatic carbocycles. The first-order chi connectivity index (χ1) is 21.1. The lowest BCUT2D eigenvalue weighted by atomic mass is 9.93. The van der Waals surface area contributed by atoms with E-state index in [0.29, 0.717) is 19.6 Å². The van der Waals surface area contributed by atoms with Gasteiger partial charge in [0.1, 0.15) is 17.2 Å². The van der Waals surface area contributed by atoms with Gasteiger partial charge in [-0.2, -0.15) is 0 Å². The number of hydrogen-bond donors (Lipinski definition) is 0. The van der Waals surface area contributed by atoms with Crippen LogP contribution in [0, 0.1) is 0 Å². The summed E-state index contributed by atoms with van der Waals surface area (Å²) in [5, 5.41) is 0. The molecule has 4 aromatic carbocycles. The molecule has 1 fully saturated rings. The van der Waals surface area contributed by atoms with Gasteiger partial charge in [-0.05, 0) is 84.0 Å². The van der Waals surface area contributed by atoms with Gasteiger partial charge in [-0.3, -0.25) is 9.69 Å². The van der Waals surface area contributed by atoms with Crippen molar-refractivity contribution < 1.29 is 23.7 Å². The first-order valence-corrected chi connectivity index (χ1v) is 15.0. The molecule has 0 radical (unpaired) electrons. The number of nitrogens with zero attached hydrogens (tertiary/aromatic N) is 2. The fraction of sp³-hybridized carbons (Fsp3) is 0.306. The third-order valence-electron chi connectivity index (χ3n) is 8.23. The van der Waals surface area contributed by atoms with Gasteiger partial charge in [0.25, 0.3) is 0 Å². The number of amides is 1. The third-order valence-corrected chi connectivity index (χ3v) is 8.23. The monoisotopic (exact) mass is 578 g/mol. The maximum absolute atomic E-state index is 13.9. The van der Waals surface area contributed by atoms with Crippen molar-refractivity contribution in [2.45, 2.75) is 38.3 Å². The number of methoxy groups -OCH3 is 1. The minimum Gasteiger partial charge on any atom is -0.497 e. The molecular formula is C36H38N2O5. The van der Waals surface area contributed by atoms with E-state index in [9.17, 15) is 4.79 Å². The molecule has 0 bridgehead atoms. The van der Waals surface area contributed by atoms with Crippen LogP contribution in [0.4, 0.5) is 0 Å². The molecule has 0 saturated carbocycles. The second-order valence-electron chi connectivity index (χ2n) is 11.1. The predicted octanol–water partition coefficient (Wildman–Crippen LogP) is 7.19. The summed E-state index contributed by atoms with van der Waals surface area (Å²) in [7, 11) is 1.68. The Balaban J connectivity index is 1.17. The molecule has 0 N–H and O–H groups in total. The summed E-state index contributed by atoms with van der Waals surface area (Å²) in [5.41, 5.74) is 3.47. The summed E-state index contributed by atoms with van der Waals surface area (Å²) in [6.45, 7) is 4.77. The van der Waals surface area contributed by atoms with Gasteiger partial charge in [-0.25, -0.2) is 0 Å². The number of rotatable bonds is 11. The van der Waals surface area contributed by atoms with Crippen LogP contribution in [0.25, 0.3) is 0 Å². The van der Waals surface area contributed by atoms with Crippen molar-refractivity contribution in [3.8, 4) is 28.7 Å². The number of para-hydroxylation sites is 1. The second-order valence-corrected chi connectivity index (χ2v) is 11.1. The summed E-state index contributed by atoms with van der Waals surface area (Å²) in [4.78, 5) is 18.2. The Morgan fingerprint density at radius 2 is 1.56 bits per heavy atom. The zero-order valence-corrected chi connectivity index (χ0v) is 24.8. The highest BCUT2D eigenvalue weighted by molar-refractivity contribution is 5.78. The average molecular weight is 579 g/mol. The molecular weight excluding hydrogens is 540 g/mol. The molecule has 0 unspecified atom stereocenters. The highest BCUT2D eigenvalue weighted by Crippen LogP contribution is 2.43. The molecule has 2 heterocycles. The van der Waals surface area contributed by atoms with Gasteiger partial charge >= 0.3 is 0 Å². The maximum Gasteiger partial charge on any atom is 0.237 e. The molecule has 4 aromatic rings. The first kappa shape index (κ1) is 28.6. The van der Waals surface area contributed by atoms with Crippen molar-refractivity contribution in [2.75, 3.05) is 33.5 Å². The minimum absolute atomic E-state index is 0.114. The Kier molecular flexibility index (Phi) is 8.80. The number of benzene rings is 4. The first-order valence-electron chi connectivity index (χ1n) is 15.0. The molecule has 222 valence electrons. The summed E-state index contributed by atoms with van der Waals surface area (Å²) >= 11 is 0. The van der Waals surface area contributed by atoms with Gasteiger partial charge in [0.2, 0.25) is 12.7 Å². The zero-order valence-electron chi connectivity index (χ0n) is 24.8. The summed E-state index contributed by atoms with van der Waals surface area (Å²) in [6.07, 6.45) is 1.80. The molecule has 2 aliphatic rings. The number of fused-ring (bicyclic) bond motifs is 1. The van der Waals surface area contributed by atoms with E-state index < -0.39 is 0 Å². The van der Waals surface area contributed by atoms with Gasteiger partial charge < -0.3 is 23.8 Å². The number of hydrogen-bond acceptors (Lipinski definition) is 6. The minimum atomic E-state index is 0.114. The van der Waals surface area contributed by atoms with E-state index in [0.717, 1.165) is 53.7 Å². The molecule has 1 saturated heterocycles. The lowest BCUT2D eigenvalue weighted by Gasteiger charge is -2.29. The highest BCUT2D eigenvalue weighted by atomic mass is 16.7. The Morgan fingerprint density at radius 3 is 2.30 bits per heavy atom. The Labute approximate surface area is 253 Å². The topological polar surface area (TPSA) is 60.5 Å². The molecule has 0 spiro atoms. The second kappa shape index (κ2) is 13.2. The van der Waals surface area contributed by atoms with Crippen molar-refractivity contribution >= 4 is 5.91 Å². The zero-order chi connectivity index (χ0) is 29.6. The lowest BCUT2D eigenvalue weighted by Crippen LogP contribution is -2.40. The third kappa shape index (κ3) is 6.78. The standard InChI is InChI=1S/C36H38N2O5/c1-3-19-37(22-26-9-14-32(15-10-26)43-31-7-5-4-6-8-31)36(39)24-38-23-29(28-13-18-34-35(21-28)42-25-41-34)20-33(38)27-11-16-30(40-2)17-12-27/h4-18,21,29,33H,3,19-20,22-25H2,1-2H3/t29-,33+/m0/s1. The van der Waals surface area contributed by atoms with Crippen LogP contribution in [0.15, 0.2) is 97.1 Å².